The molecule has 17 heavy (non-hydrogen) atoms. The van der Waals surface area contributed by atoms with E-state index in [-0.39, 0.29) is 28.7 Å². The van der Waals surface area contributed by atoms with E-state index in [0.29, 0.717) is 0 Å². The van der Waals surface area contributed by atoms with Crippen molar-refractivity contribution in [2.24, 2.45) is 0 Å². The summed E-state index contributed by atoms with van der Waals surface area (Å²) in [6.07, 6.45) is 0.121. The van der Waals surface area contributed by atoms with Crippen LogP contribution in [0.4, 0.5) is 14.5 Å². The number of halogens is 3. The summed E-state index contributed by atoms with van der Waals surface area (Å²) in [5.74, 6) is -1.97. The molecule has 0 bridgehead atoms. The Morgan fingerprint density at radius 1 is 1.29 bits per heavy atom. The molecule has 0 radical (unpaired) electrons. The monoisotopic (exact) mass is 303 g/mol. The summed E-state index contributed by atoms with van der Waals surface area (Å²) in [7, 11) is 0. The van der Waals surface area contributed by atoms with Crippen molar-refractivity contribution in [3.63, 3.8) is 0 Å². The molecular weight excluding hydrogens is 296 g/mol. The zero-order valence-electron chi connectivity index (χ0n) is 8.67. The lowest BCUT2D eigenvalue weighted by Gasteiger charge is -2.15. The van der Waals surface area contributed by atoms with Crippen molar-refractivity contribution in [2.45, 2.75) is 6.42 Å². The zero-order chi connectivity index (χ0) is 12.6. The third kappa shape index (κ3) is 1.97. The van der Waals surface area contributed by atoms with Crippen LogP contribution in [-0.2, 0) is 4.79 Å². The number of fused-ring (bicyclic) bond motifs is 1. The van der Waals surface area contributed by atoms with Crippen molar-refractivity contribution < 1.29 is 18.4 Å². The molecule has 0 spiro atoms. The number of nitrogens with zero attached hydrogens (tertiary/aromatic N) is 1. The zero-order valence-corrected chi connectivity index (χ0v) is 10.3. The number of carbonyl (C=O) groups excluding carboxylic acids is 2. The molecule has 1 aromatic carbocycles. The van der Waals surface area contributed by atoms with Crippen LogP contribution in [0.2, 0.25) is 0 Å². The summed E-state index contributed by atoms with van der Waals surface area (Å²) in [6, 6.07) is 2.39. The van der Waals surface area contributed by atoms with Gasteiger partial charge in [-0.15, -0.1) is 0 Å². The second-order valence-corrected chi connectivity index (χ2v) is 4.47. The van der Waals surface area contributed by atoms with Crippen molar-refractivity contribution in [3.8, 4) is 0 Å². The Balaban J connectivity index is 2.45. The van der Waals surface area contributed by atoms with Gasteiger partial charge in [-0.1, -0.05) is 0 Å². The van der Waals surface area contributed by atoms with Gasteiger partial charge in [0.05, 0.1) is 22.4 Å². The lowest BCUT2D eigenvalue weighted by Crippen LogP contribution is -2.30. The van der Waals surface area contributed by atoms with Crippen LogP contribution in [0.5, 0.6) is 0 Å². The lowest BCUT2D eigenvalue weighted by atomic mass is 10.1. The van der Waals surface area contributed by atoms with Crippen LogP contribution >= 0.6 is 15.9 Å². The fourth-order valence-electron chi connectivity index (χ4n) is 1.73. The predicted molar refractivity (Wildman–Crippen MR) is 61.4 cm³/mol. The van der Waals surface area contributed by atoms with E-state index in [1.165, 1.54) is 6.07 Å². The van der Waals surface area contributed by atoms with Crippen LogP contribution < -0.4 is 4.90 Å². The molecule has 0 saturated heterocycles. The number of ketones is 1. The molecule has 6 heteroatoms. The fraction of sp³-hybridized carbons (Fsp3) is 0.273. The van der Waals surface area contributed by atoms with Gasteiger partial charge in [0.2, 0.25) is 0 Å². The molecule has 0 saturated carbocycles. The van der Waals surface area contributed by atoms with Crippen LogP contribution in [0.15, 0.2) is 16.6 Å². The summed E-state index contributed by atoms with van der Waals surface area (Å²) in [4.78, 5) is 24.3. The number of amides is 1. The maximum absolute atomic E-state index is 13.4. The normalized spacial score (nSPS) is 14.4. The van der Waals surface area contributed by atoms with Gasteiger partial charge >= 0.3 is 0 Å². The standard InChI is InChI=1S/C11H8BrF2NO2/c12-7-4-6-9(5-8(7)14)15(3-1-2-13)11(17)10(6)16/h4-5H,1-3H2. The predicted octanol–water partition coefficient (Wildman–Crippen LogP) is 2.48. The Hall–Kier alpha value is -1.30. The average molecular weight is 304 g/mol. The van der Waals surface area contributed by atoms with Crippen LogP contribution in [0, 0.1) is 5.82 Å². The Kier molecular flexibility index (Phi) is 3.24. The molecule has 90 valence electrons. The number of Topliss-reactive ketones (excluding diaryl/α,β-unsaturated/α-hetero) is 1. The summed E-state index contributed by atoms with van der Waals surface area (Å²) in [5.41, 5.74) is 0.372. The number of anilines is 1. The Morgan fingerprint density at radius 2 is 2.00 bits per heavy atom. The molecule has 2 rings (SSSR count). The summed E-state index contributed by atoms with van der Waals surface area (Å²) < 4.78 is 25.6. The van der Waals surface area contributed by atoms with E-state index in [4.69, 9.17) is 0 Å². The van der Waals surface area contributed by atoms with E-state index >= 15 is 0 Å². The molecular formula is C11H8BrF2NO2. The van der Waals surface area contributed by atoms with E-state index in [1.807, 2.05) is 0 Å². The van der Waals surface area contributed by atoms with Gasteiger partial charge in [-0.2, -0.15) is 0 Å². The smallest absolute Gasteiger partial charge is 0.299 e. The minimum absolute atomic E-state index is 0.0785. The third-order valence-corrected chi connectivity index (χ3v) is 3.14. The first-order valence-electron chi connectivity index (χ1n) is 4.97. The van der Waals surface area contributed by atoms with Crippen molar-refractivity contribution in [2.75, 3.05) is 18.1 Å². The van der Waals surface area contributed by atoms with E-state index in [2.05, 4.69) is 15.9 Å². The van der Waals surface area contributed by atoms with E-state index in [0.717, 1.165) is 11.0 Å². The van der Waals surface area contributed by atoms with Gasteiger partial charge in [-0.25, -0.2) is 4.39 Å². The molecule has 1 amide bonds. The number of hydrogen-bond acceptors (Lipinski definition) is 2. The van der Waals surface area contributed by atoms with Crippen LogP contribution in [0.25, 0.3) is 0 Å². The quantitative estimate of drug-likeness (QED) is 0.805. The Bertz CT molecular complexity index is 504. The second-order valence-electron chi connectivity index (χ2n) is 3.61. The molecule has 0 aliphatic carbocycles. The van der Waals surface area contributed by atoms with Crippen molar-refractivity contribution in [1.82, 2.24) is 0 Å². The van der Waals surface area contributed by atoms with Gasteiger partial charge in [0.15, 0.2) is 0 Å². The summed E-state index contributed by atoms with van der Waals surface area (Å²) in [6.45, 7) is -0.512. The van der Waals surface area contributed by atoms with Crippen molar-refractivity contribution >= 4 is 33.3 Å². The first-order valence-corrected chi connectivity index (χ1v) is 5.76. The van der Waals surface area contributed by atoms with Gasteiger partial charge in [0.25, 0.3) is 11.7 Å². The van der Waals surface area contributed by atoms with Gasteiger partial charge in [-0.3, -0.25) is 14.0 Å². The maximum atomic E-state index is 13.4. The molecule has 1 aliphatic rings. The van der Waals surface area contributed by atoms with Crippen LogP contribution in [-0.4, -0.2) is 24.9 Å². The molecule has 0 atom stereocenters. The highest BCUT2D eigenvalue weighted by Crippen LogP contribution is 2.33. The number of rotatable bonds is 3. The summed E-state index contributed by atoms with van der Waals surface area (Å²) in [5, 5.41) is 0. The minimum Gasteiger partial charge on any atom is -0.305 e. The molecule has 0 unspecified atom stereocenters. The minimum atomic E-state index is -0.731. The van der Waals surface area contributed by atoms with Gasteiger partial charge in [0, 0.05) is 6.54 Å². The fourth-order valence-corrected chi connectivity index (χ4v) is 2.07. The van der Waals surface area contributed by atoms with Gasteiger partial charge < -0.3 is 4.90 Å². The lowest BCUT2D eigenvalue weighted by molar-refractivity contribution is -0.114. The molecule has 1 aliphatic heterocycles. The molecule has 1 heterocycles. The first-order chi connectivity index (χ1) is 8.06. The molecule has 0 N–H and O–H groups in total. The van der Waals surface area contributed by atoms with Gasteiger partial charge in [0.1, 0.15) is 5.82 Å². The summed E-state index contributed by atoms with van der Waals surface area (Å²) >= 11 is 2.95. The largest absolute Gasteiger partial charge is 0.305 e. The third-order valence-electron chi connectivity index (χ3n) is 2.53. The van der Waals surface area contributed by atoms with Gasteiger partial charge in [-0.05, 0) is 34.5 Å². The van der Waals surface area contributed by atoms with E-state index in [9.17, 15) is 18.4 Å². The number of benzene rings is 1. The van der Waals surface area contributed by atoms with E-state index in [1.54, 1.807) is 0 Å². The molecule has 3 nitrogen and oxygen atoms in total. The highest BCUT2D eigenvalue weighted by atomic mass is 79.9. The second kappa shape index (κ2) is 4.52. The van der Waals surface area contributed by atoms with E-state index < -0.39 is 24.2 Å². The Labute approximate surface area is 105 Å². The average Bonchev–Trinajstić information content (AvgIpc) is 2.52. The highest BCUT2D eigenvalue weighted by molar-refractivity contribution is 9.10. The SMILES string of the molecule is O=C1C(=O)N(CCCF)c2cc(F)c(Br)cc21. The molecule has 1 aromatic rings. The van der Waals surface area contributed by atoms with Crippen LogP contribution in [0.3, 0.4) is 0 Å². The maximum Gasteiger partial charge on any atom is 0.299 e. The Morgan fingerprint density at radius 3 is 2.65 bits per heavy atom. The molecule has 0 fully saturated rings. The molecule has 0 aromatic heterocycles. The topological polar surface area (TPSA) is 37.4 Å². The number of carbonyl (C=O) groups is 2. The highest BCUT2D eigenvalue weighted by Gasteiger charge is 2.36. The van der Waals surface area contributed by atoms with Crippen molar-refractivity contribution in [3.05, 3.63) is 28.0 Å². The number of alkyl halides is 1. The van der Waals surface area contributed by atoms with Crippen molar-refractivity contribution in [1.29, 1.82) is 0 Å². The first kappa shape index (κ1) is 12.2. The van der Waals surface area contributed by atoms with Crippen LogP contribution in [0.1, 0.15) is 16.8 Å². The number of hydrogen-bond donors (Lipinski definition) is 0.